The summed E-state index contributed by atoms with van der Waals surface area (Å²) >= 11 is 0. The zero-order chi connectivity index (χ0) is 20.4. The van der Waals surface area contributed by atoms with Gasteiger partial charge in [0.1, 0.15) is 7.85 Å². The molecule has 2 aromatic carbocycles. The van der Waals surface area contributed by atoms with Gasteiger partial charge in [-0.2, -0.15) is 0 Å². The quantitative estimate of drug-likeness (QED) is 0.448. The van der Waals surface area contributed by atoms with Gasteiger partial charge in [-0.15, -0.1) is 0 Å². The van der Waals surface area contributed by atoms with E-state index >= 15 is 0 Å². The lowest BCUT2D eigenvalue weighted by atomic mass is 9.50. The second kappa shape index (κ2) is 8.06. The van der Waals surface area contributed by atoms with Crippen molar-refractivity contribution in [2.75, 3.05) is 0 Å². The third kappa shape index (κ3) is 3.85. The minimum atomic E-state index is 0.344. The van der Waals surface area contributed by atoms with Crippen molar-refractivity contribution in [1.82, 2.24) is 4.98 Å². The van der Waals surface area contributed by atoms with Gasteiger partial charge in [0, 0.05) is 17.3 Å². The van der Waals surface area contributed by atoms with Gasteiger partial charge in [0.05, 0.1) is 5.69 Å². The first-order valence-electron chi connectivity index (χ1n) is 11.8. The predicted molar refractivity (Wildman–Crippen MR) is 129 cm³/mol. The molecule has 0 radical (unpaired) electrons. The van der Waals surface area contributed by atoms with Crippen LogP contribution >= 0.6 is 0 Å². The standard InChI is InChI=1S/C28H32BN/c29-28(19-17-27(18-20-28)15-5-2-6-16-27)25-12-9-22(10-13-25)24-11-14-26(30-21-24)23-7-3-1-4-8-23/h1,3-4,7-14,21H,2,5-6,15-20,29H2. The van der Waals surface area contributed by atoms with Gasteiger partial charge in [-0.3, -0.25) is 4.98 Å². The van der Waals surface area contributed by atoms with Crippen molar-refractivity contribution in [3.63, 3.8) is 0 Å². The van der Waals surface area contributed by atoms with E-state index in [-0.39, 0.29) is 0 Å². The van der Waals surface area contributed by atoms with E-state index in [0.29, 0.717) is 10.7 Å². The molecule has 3 aromatic rings. The molecule has 0 aliphatic heterocycles. The highest BCUT2D eigenvalue weighted by Gasteiger charge is 2.41. The van der Waals surface area contributed by atoms with Crippen molar-refractivity contribution in [1.29, 1.82) is 0 Å². The SMILES string of the molecule is BC1(c2ccc(-c3ccc(-c4ccccc4)nc3)cc2)CCC2(CCCCC2)CC1. The molecule has 2 saturated carbocycles. The van der Waals surface area contributed by atoms with E-state index in [1.807, 2.05) is 12.3 Å². The van der Waals surface area contributed by atoms with Crippen molar-refractivity contribution in [3.05, 3.63) is 78.5 Å². The first-order valence-corrected chi connectivity index (χ1v) is 11.8. The normalized spacial score (nSPS) is 20.1. The molecule has 2 fully saturated rings. The first-order chi connectivity index (χ1) is 14.7. The van der Waals surface area contributed by atoms with Crippen LogP contribution in [0.2, 0.25) is 0 Å². The Labute approximate surface area is 182 Å². The van der Waals surface area contributed by atoms with Gasteiger partial charge < -0.3 is 0 Å². The van der Waals surface area contributed by atoms with Crippen LogP contribution in [0.5, 0.6) is 0 Å². The summed E-state index contributed by atoms with van der Waals surface area (Å²) in [5.41, 5.74) is 6.85. The summed E-state index contributed by atoms with van der Waals surface area (Å²) in [6, 6.07) is 24.1. The first kappa shape index (κ1) is 19.6. The number of nitrogens with zero attached hydrogens (tertiary/aromatic N) is 1. The zero-order valence-electron chi connectivity index (χ0n) is 18.2. The highest BCUT2D eigenvalue weighted by Crippen LogP contribution is 2.52. The van der Waals surface area contributed by atoms with Crippen molar-refractivity contribution >= 4 is 7.85 Å². The van der Waals surface area contributed by atoms with Crippen LogP contribution in [0.4, 0.5) is 0 Å². The Kier molecular flexibility index (Phi) is 5.27. The zero-order valence-corrected chi connectivity index (χ0v) is 18.2. The summed E-state index contributed by atoms with van der Waals surface area (Å²) in [6.45, 7) is 0. The minimum Gasteiger partial charge on any atom is -0.256 e. The van der Waals surface area contributed by atoms with Crippen LogP contribution in [0.3, 0.4) is 0 Å². The maximum atomic E-state index is 4.70. The highest BCUT2D eigenvalue weighted by molar-refractivity contribution is 6.16. The molecule has 1 spiro atoms. The number of benzene rings is 2. The minimum absolute atomic E-state index is 0.344. The molecule has 0 amide bonds. The van der Waals surface area contributed by atoms with Gasteiger partial charge in [0.2, 0.25) is 0 Å². The lowest BCUT2D eigenvalue weighted by molar-refractivity contribution is 0.105. The topological polar surface area (TPSA) is 12.9 Å². The number of pyridine rings is 1. The lowest BCUT2D eigenvalue weighted by Gasteiger charge is -2.47. The summed E-state index contributed by atoms with van der Waals surface area (Å²) in [4.78, 5) is 4.70. The average molecular weight is 393 g/mol. The van der Waals surface area contributed by atoms with E-state index < -0.39 is 0 Å². The monoisotopic (exact) mass is 393 g/mol. The summed E-state index contributed by atoms with van der Waals surface area (Å²) in [7, 11) is 2.49. The molecule has 2 heteroatoms. The lowest BCUT2D eigenvalue weighted by Crippen LogP contribution is -2.38. The van der Waals surface area contributed by atoms with Crippen molar-refractivity contribution in [3.8, 4) is 22.4 Å². The third-order valence-corrected chi connectivity index (χ3v) is 8.08. The average Bonchev–Trinajstić information content (AvgIpc) is 2.83. The van der Waals surface area contributed by atoms with Crippen LogP contribution in [0, 0.1) is 5.41 Å². The number of hydrogen-bond acceptors (Lipinski definition) is 1. The van der Waals surface area contributed by atoms with Gasteiger partial charge >= 0.3 is 0 Å². The fraction of sp³-hybridized carbons (Fsp3) is 0.393. The van der Waals surface area contributed by atoms with E-state index in [0.717, 1.165) is 5.69 Å². The fourth-order valence-electron chi connectivity index (χ4n) is 5.83. The van der Waals surface area contributed by atoms with Gasteiger partial charge in [-0.25, -0.2) is 0 Å². The number of hydrogen-bond donors (Lipinski definition) is 0. The molecule has 0 bridgehead atoms. The Morgan fingerprint density at radius 2 is 1.27 bits per heavy atom. The molecular formula is C28H32BN. The third-order valence-electron chi connectivity index (χ3n) is 8.08. The highest BCUT2D eigenvalue weighted by atomic mass is 14.7. The molecule has 0 unspecified atom stereocenters. The molecule has 0 atom stereocenters. The van der Waals surface area contributed by atoms with Gasteiger partial charge in [-0.1, -0.05) is 92.8 Å². The number of rotatable bonds is 3. The number of aromatic nitrogens is 1. The van der Waals surface area contributed by atoms with E-state index in [2.05, 4.69) is 68.5 Å². The van der Waals surface area contributed by atoms with Crippen LogP contribution in [-0.4, -0.2) is 12.8 Å². The Hall–Kier alpha value is -2.35. The molecule has 152 valence electrons. The molecular weight excluding hydrogens is 361 g/mol. The molecule has 1 aromatic heterocycles. The Morgan fingerprint density at radius 3 is 1.90 bits per heavy atom. The van der Waals surface area contributed by atoms with Crippen LogP contribution in [0.25, 0.3) is 22.4 Å². The molecule has 0 N–H and O–H groups in total. The van der Waals surface area contributed by atoms with Gasteiger partial charge in [-0.05, 0) is 53.6 Å². The van der Waals surface area contributed by atoms with Crippen LogP contribution in [0.1, 0.15) is 63.4 Å². The largest absolute Gasteiger partial charge is 0.256 e. The van der Waals surface area contributed by atoms with Crippen LogP contribution in [0.15, 0.2) is 72.9 Å². The maximum Gasteiger partial charge on any atom is 0.115 e. The molecule has 30 heavy (non-hydrogen) atoms. The van der Waals surface area contributed by atoms with Crippen LogP contribution in [-0.2, 0) is 5.31 Å². The van der Waals surface area contributed by atoms with Crippen LogP contribution < -0.4 is 0 Å². The maximum absolute atomic E-state index is 4.70. The Balaban J connectivity index is 1.30. The van der Waals surface area contributed by atoms with E-state index in [1.54, 1.807) is 0 Å². The van der Waals surface area contributed by atoms with Gasteiger partial charge in [0.25, 0.3) is 0 Å². The smallest absolute Gasteiger partial charge is 0.115 e. The Bertz CT molecular complexity index is 959. The fourth-order valence-corrected chi connectivity index (χ4v) is 5.83. The van der Waals surface area contributed by atoms with Crippen molar-refractivity contribution in [2.45, 2.75) is 63.1 Å². The predicted octanol–water partition coefficient (Wildman–Crippen LogP) is 6.77. The molecule has 1 heterocycles. The Morgan fingerprint density at radius 1 is 0.600 bits per heavy atom. The van der Waals surface area contributed by atoms with E-state index in [1.165, 1.54) is 80.0 Å². The molecule has 2 aliphatic rings. The van der Waals surface area contributed by atoms with Crippen molar-refractivity contribution < 1.29 is 0 Å². The van der Waals surface area contributed by atoms with E-state index in [4.69, 9.17) is 4.98 Å². The molecule has 2 aliphatic carbocycles. The summed E-state index contributed by atoms with van der Waals surface area (Å²) in [5.74, 6) is 0. The second-order valence-electron chi connectivity index (χ2n) is 10.00. The second-order valence-corrected chi connectivity index (χ2v) is 10.00. The summed E-state index contributed by atoms with van der Waals surface area (Å²) in [5, 5.41) is 0.344. The molecule has 1 nitrogen and oxygen atoms in total. The van der Waals surface area contributed by atoms with Crippen molar-refractivity contribution in [2.24, 2.45) is 5.41 Å². The summed E-state index contributed by atoms with van der Waals surface area (Å²) < 4.78 is 0. The summed E-state index contributed by atoms with van der Waals surface area (Å²) in [6.07, 6.45) is 14.9. The molecule has 5 rings (SSSR count). The molecule has 0 saturated heterocycles. The van der Waals surface area contributed by atoms with Gasteiger partial charge in [0.15, 0.2) is 0 Å². The van der Waals surface area contributed by atoms with E-state index in [9.17, 15) is 0 Å².